The number of carbonyl (C=O) groups excluding carboxylic acids is 3. The SMILES string of the molecule is CC(C)OC(=O)[C@H](C)NP(=S)(OC[C@@]1(C(F)F)O[C@@H](N2C=C(F)C(=O)CC2=O)[C@@H](F)[C@@H]1O)Oc1cccc2ccccc12. The summed E-state index contributed by atoms with van der Waals surface area (Å²) in [6.07, 6.45) is -12.2. The number of carbonyl (C=O) groups is 3. The third kappa shape index (κ3) is 6.92. The molecule has 2 aromatic carbocycles. The van der Waals surface area contributed by atoms with Crippen LogP contribution in [0.3, 0.4) is 0 Å². The van der Waals surface area contributed by atoms with Gasteiger partial charge in [0.15, 0.2) is 23.8 Å². The fourth-order valence-electron chi connectivity index (χ4n) is 4.46. The Labute approximate surface area is 249 Å². The molecule has 4 rings (SSSR count). The first-order valence-electron chi connectivity index (χ1n) is 13.1. The molecule has 2 heterocycles. The van der Waals surface area contributed by atoms with Crippen LogP contribution in [0.5, 0.6) is 5.75 Å². The number of rotatable bonds is 11. The predicted molar refractivity (Wildman–Crippen MR) is 149 cm³/mol. The summed E-state index contributed by atoms with van der Waals surface area (Å²) in [4.78, 5) is 36.7. The van der Waals surface area contributed by atoms with E-state index in [1.807, 2.05) is 0 Å². The third-order valence-electron chi connectivity index (χ3n) is 6.66. The molecule has 0 aliphatic carbocycles. The Balaban J connectivity index is 1.66. The number of hydrogen-bond acceptors (Lipinski definition) is 9. The van der Waals surface area contributed by atoms with E-state index in [1.54, 1.807) is 50.2 Å². The van der Waals surface area contributed by atoms with Crippen LogP contribution >= 0.6 is 6.64 Å². The molecule has 2 N–H and O–H groups in total. The Kier molecular flexibility index (Phi) is 9.94. The summed E-state index contributed by atoms with van der Waals surface area (Å²) in [6.45, 7) is -0.699. The third-order valence-corrected chi connectivity index (χ3v) is 9.13. The van der Waals surface area contributed by atoms with Gasteiger partial charge in [0.05, 0.1) is 19.1 Å². The van der Waals surface area contributed by atoms with Gasteiger partial charge in [-0.2, -0.15) is 0 Å². The second-order valence-electron chi connectivity index (χ2n) is 10.2. The molecule has 1 amide bonds. The summed E-state index contributed by atoms with van der Waals surface area (Å²) in [7, 11) is 0. The van der Waals surface area contributed by atoms with Crippen LogP contribution in [-0.4, -0.2) is 76.9 Å². The van der Waals surface area contributed by atoms with E-state index in [-0.39, 0.29) is 5.75 Å². The van der Waals surface area contributed by atoms with Crippen molar-refractivity contribution in [2.24, 2.45) is 0 Å². The number of amides is 1. The smallest absolute Gasteiger partial charge is 0.323 e. The van der Waals surface area contributed by atoms with Crippen LogP contribution < -0.4 is 9.61 Å². The fraction of sp³-hybridized carbons (Fsp3) is 0.444. The van der Waals surface area contributed by atoms with Crippen molar-refractivity contribution in [1.29, 1.82) is 0 Å². The molecule has 6 atom stereocenters. The molecule has 16 heteroatoms. The fourth-order valence-corrected chi connectivity index (χ4v) is 6.88. The zero-order valence-corrected chi connectivity index (χ0v) is 24.8. The van der Waals surface area contributed by atoms with E-state index in [4.69, 9.17) is 30.3 Å². The van der Waals surface area contributed by atoms with Crippen LogP contribution in [0.1, 0.15) is 27.2 Å². The first-order valence-corrected chi connectivity index (χ1v) is 15.7. The number of halogens is 4. The van der Waals surface area contributed by atoms with E-state index in [0.29, 0.717) is 16.5 Å². The number of Topliss-reactive ketones (excluding diaryl/α,β-unsaturated/α-hetero) is 1. The quantitative estimate of drug-likeness (QED) is 0.160. The summed E-state index contributed by atoms with van der Waals surface area (Å²) in [5.41, 5.74) is -3.12. The highest BCUT2D eigenvalue weighted by Gasteiger charge is 2.63. The Morgan fingerprint density at radius 3 is 2.56 bits per heavy atom. The minimum atomic E-state index is -4.02. The van der Waals surface area contributed by atoms with Crippen LogP contribution in [0.25, 0.3) is 10.8 Å². The second-order valence-corrected chi connectivity index (χ2v) is 13.3. The van der Waals surface area contributed by atoms with Gasteiger partial charge in [-0.1, -0.05) is 36.4 Å². The highest BCUT2D eigenvalue weighted by Crippen LogP contribution is 2.50. The number of esters is 1. The van der Waals surface area contributed by atoms with Crippen LogP contribution in [0, 0.1) is 0 Å². The number of aliphatic hydroxyl groups is 1. The van der Waals surface area contributed by atoms with E-state index in [1.165, 1.54) is 13.0 Å². The first-order chi connectivity index (χ1) is 20.2. The number of ether oxygens (including phenoxy) is 2. The zero-order valence-electron chi connectivity index (χ0n) is 23.1. The topological polar surface area (TPSA) is 124 Å². The molecule has 1 saturated heterocycles. The molecule has 0 radical (unpaired) electrons. The Morgan fingerprint density at radius 2 is 1.88 bits per heavy atom. The van der Waals surface area contributed by atoms with Crippen molar-refractivity contribution < 1.29 is 55.6 Å². The van der Waals surface area contributed by atoms with Crippen molar-refractivity contribution in [2.75, 3.05) is 6.61 Å². The monoisotopic (exact) mass is 648 g/mol. The number of ketones is 1. The molecule has 0 bridgehead atoms. The van der Waals surface area contributed by atoms with Crippen LogP contribution in [0.15, 0.2) is 54.5 Å². The van der Waals surface area contributed by atoms with Crippen molar-refractivity contribution in [3.8, 4) is 5.75 Å². The number of benzene rings is 2. The summed E-state index contributed by atoms with van der Waals surface area (Å²) in [5.74, 6) is -4.31. The van der Waals surface area contributed by atoms with Gasteiger partial charge in [0.25, 0.3) is 6.43 Å². The number of hydrogen-bond donors (Lipinski definition) is 2. The number of fused-ring (bicyclic) bond motifs is 1. The Bertz CT molecular complexity index is 1470. The maximum Gasteiger partial charge on any atom is 0.323 e. The Morgan fingerprint density at radius 1 is 1.21 bits per heavy atom. The molecule has 234 valence electrons. The van der Waals surface area contributed by atoms with E-state index in [9.17, 15) is 32.7 Å². The van der Waals surface area contributed by atoms with E-state index < -0.39 is 85.8 Å². The number of nitrogens with one attached hydrogen (secondary N) is 1. The molecule has 1 fully saturated rings. The molecule has 0 spiro atoms. The largest absolute Gasteiger partial charge is 0.462 e. The standard InChI is InChI=1S/C27H29F4N2O8PS/c1-14(2)39-25(37)15(3)32-42(43,41-20-10-6-8-16-7-4-5-9-17(16)20)38-13-27(26(30)31)23(36)22(29)24(40-27)33-12-18(28)19(34)11-21(33)35/h4-10,12,14-15,22-24,26,36H,11,13H2,1-3H3,(H,32,43)/t15-,22-,23-,24+,27+,42?/m0/s1. The van der Waals surface area contributed by atoms with Gasteiger partial charge in [0, 0.05) is 11.6 Å². The number of alkyl halides is 3. The Hall–Kier alpha value is -2.94. The van der Waals surface area contributed by atoms with Crippen LogP contribution in [-0.2, 0) is 40.2 Å². The maximum absolute atomic E-state index is 15.3. The number of allylic oxidation sites excluding steroid dienone is 1. The number of aliphatic hydroxyl groups excluding tert-OH is 1. The molecule has 2 aliphatic rings. The van der Waals surface area contributed by atoms with E-state index in [2.05, 4.69) is 5.09 Å². The van der Waals surface area contributed by atoms with Crippen LogP contribution in [0.2, 0.25) is 0 Å². The van der Waals surface area contributed by atoms with Gasteiger partial charge in [-0.3, -0.25) is 19.3 Å². The minimum absolute atomic E-state index is 0.169. The highest BCUT2D eigenvalue weighted by atomic mass is 32.5. The summed E-state index contributed by atoms with van der Waals surface area (Å²) >= 11 is 5.61. The molecule has 1 unspecified atom stereocenters. The van der Waals surface area contributed by atoms with Gasteiger partial charge in [-0.15, -0.1) is 0 Å². The van der Waals surface area contributed by atoms with Gasteiger partial charge in [0.2, 0.25) is 11.7 Å². The van der Waals surface area contributed by atoms with Crippen LogP contribution in [0.4, 0.5) is 17.6 Å². The lowest BCUT2D eigenvalue weighted by Gasteiger charge is -2.35. The molecule has 2 aromatic rings. The maximum atomic E-state index is 15.3. The van der Waals surface area contributed by atoms with Crippen molar-refractivity contribution in [1.82, 2.24) is 9.99 Å². The van der Waals surface area contributed by atoms with Gasteiger partial charge >= 0.3 is 12.6 Å². The highest BCUT2D eigenvalue weighted by molar-refractivity contribution is 8.09. The van der Waals surface area contributed by atoms with Gasteiger partial charge in [0.1, 0.15) is 17.9 Å². The first kappa shape index (κ1) is 33.0. The van der Waals surface area contributed by atoms with Gasteiger partial charge in [-0.05, 0) is 44.0 Å². The molecular weight excluding hydrogens is 619 g/mol. The molecule has 2 aliphatic heterocycles. The number of nitrogens with zero attached hydrogens (tertiary/aromatic N) is 1. The van der Waals surface area contributed by atoms with Crippen molar-refractivity contribution in [3.05, 3.63) is 54.5 Å². The average Bonchev–Trinajstić information content (AvgIpc) is 3.20. The van der Waals surface area contributed by atoms with E-state index in [0.717, 1.165) is 5.39 Å². The lowest BCUT2D eigenvalue weighted by atomic mass is 9.97. The van der Waals surface area contributed by atoms with Gasteiger partial charge < -0.3 is 23.6 Å². The molecule has 10 nitrogen and oxygen atoms in total. The van der Waals surface area contributed by atoms with E-state index >= 15 is 4.39 Å². The normalized spacial score (nSPS) is 26.5. The average molecular weight is 649 g/mol. The molecule has 0 saturated carbocycles. The summed E-state index contributed by atoms with van der Waals surface area (Å²) < 4.78 is 80.5. The minimum Gasteiger partial charge on any atom is -0.462 e. The molecular formula is C27H29F4N2O8PS. The summed E-state index contributed by atoms with van der Waals surface area (Å²) in [5, 5.41) is 14.6. The summed E-state index contributed by atoms with van der Waals surface area (Å²) in [6, 6.07) is 10.8. The van der Waals surface area contributed by atoms with Crippen molar-refractivity contribution >= 4 is 46.9 Å². The zero-order chi connectivity index (χ0) is 31.7. The van der Waals surface area contributed by atoms with Crippen molar-refractivity contribution in [3.63, 3.8) is 0 Å². The molecule has 0 aromatic heterocycles. The predicted octanol–water partition coefficient (Wildman–Crippen LogP) is 4.06. The lowest BCUT2D eigenvalue weighted by Crippen LogP contribution is -2.52. The second kappa shape index (κ2) is 13.0. The van der Waals surface area contributed by atoms with Crippen molar-refractivity contribution in [2.45, 2.75) is 69.9 Å². The molecule has 43 heavy (non-hydrogen) atoms. The van der Waals surface area contributed by atoms with Gasteiger partial charge in [-0.25, -0.2) is 22.6 Å². The lowest BCUT2D eigenvalue weighted by molar-refractivity contribution is -0.199.